The molecule has 0 aliphatic heterocycles. The van der Waals surface area contributed by atoms with E-state index in [1.54, 1.807) is 13.0 Å². The highest BCUT2D eigenvalue weighted by Crippen LogP contribution is 2.26. The fourth-order valence-electron chi connectivity index (χ4n) is 1.94. The molecule has 114 valence electrons. The van der Waals surface area contributed by atoms with E-state index in [1.807, 2.05) is 60.7 Å². The number of hydroxylamine groups is 2. The Morgan fingerprint density at radius 2 is 1.77 bits per heavy atom. The van der Waals surface area contributed by atoms with Crippen LogP contribution in [0.4, 0.5) is 0 Å². The first-order valence-corrected chi connectivity index (χ1v) is 7.06. The number of hydrogen-bond donors (Lipinski definition) is 1. The summed E-state index contributed by atoms with van der Waals surface area (Å²) in [5.41, 5.74) is 0.871. The standard InChI is InChI=1S/C18H19NO3/c1-14(19(21)15(2)20)12-13-16-8-6-7-11-18(16)22-17-9-4-3-5-10-17/h3-14,21H,1-2H3/b13-12+. The van der Waals surface area contributed by atoms with Crippen LogP contribution in [0.1, 0.15) is 19.4 Å². The number of para-hydroxylation sites is 2. The second-order valence-electron chi connectivity index (χ2n) is 4.92. The van der Waals surface area contributed by atoms with E-state index >= 15 is 0 Å². The van der Waals surface area contributed by atoms with Gasteiger partial charge in [-0.2, -0.15) is 0 Å². The first-order valence-electron chi connectivity index (χ1n) is 7.06. The second kappa shape index (κ2) is 7.43. The minimum absolute atomic E-state index is 0.397. The third kappa shape index (κ3) is 4.20. The Labute approximate surface area is 130 Å². The lowest BCUT2D eigenvalue weighted by Gasteiger charge is -2.17. The van der Waals surface area contributed by atoms with Crippen LogP contribution in [0.2, 0.25) is 0 Å². The molecule has 1 amide bonds. The molecule has 0 bridgehead atoms. The fourth-order valence-corrected chi connectivity index (χ4v) is 1.94. The Bertz CT molecular complexity index is 652. The third-order valence-electron chi connectivity index (χ3n) is 3.15. The summed E-state index contributed by atoms with van der Waals surface area (Å²) < 4.78 is 5.86. The van der Waals surface area contributed by atoms with Crippen LogP contribution in [0.5, 0.6) is 11.5 Å². The van der Waals surface area contributed by atoms with Gasteiger partial charge in [-0.1, -0.05) is 48.6 Å². The number of amides is 1. The van der Waals surface area contributed by atoms with Crippen molar-refractivity contribution < 1.29 is 14.7 Å². The number of benzene rings is 2. The van der Waals surface area contributed by atoms with E-state index in [9.17, 15) is 10.0 Å². The van der Waals surface area contributed by atoms with Gasteiger partial charge in [0.05, 0.1) is 6.04 Å². The van der Waals surface area contributed by atoms with Gasteiger partial charge in [-0.15, -0.1) is 0 Å². The lowest BCUT2D eigenvalue weighted by atomic mass is 10.1. The SMILES string of the molecule is CC(=O)N(O)C(C)/C=C/c1ccccc1Oc1ccccc1. The minimum Gasteiger partial charge on any atom is -0.457 e. The van der Waals surface area contributed by atoms with E-state index in [2.05, 4.69) is 0 Å². The summed E-state index contributed by atoms with van der Waals surface area (Å²) in [6.45, 7) is 3.05. The first-order chi connectivity index (χ1) is 10.6. The molecule has 1 N–H and O–H groups in total. The van der Waals surface area contributed by atoms with Gasteiger partial charge >= 0.3 is 0 Å². The normalized spacial score (nSPS) is 12.1. The zero-order valence-electron chi connectivity index (χ0n) is 12.6. The summed E-state index contributed by atoms with van der Waals surface area (Å²) in [6.07, 6.45) is 3.57. The molecule has 0 saturated heterocycles. The van der Waals surface area contributed by atoms with Crippen molar-refractivity contribution in [2.45, 2.75) is 19.9 Å². The zero-order valence-corrected chi connectivity index (χ0v) is 12.6. The van der Waals surface area contributed by atoms with Gasteiger partial charge in [-0.05, 0) is 25.1 Å². The van der Waals surface area contributed by atoms with Crippen molar-refractivity contribution >= 4 is 12.0 Å². The largest absolute Gasteiger partial charge is 0.457 e. The van der Waals surface area contributed by atoms with Crippen molar-refractivity contribution in [1.29, 1.82) is 0 Å². The molecule has 1 unspecified atom stereocenters. The highest BCUT2D eigenvalue weighted by Gasteiger charge is 2.11. The molecule has 2 rings (SSSR count). The Kier molecular flexibility index (Phi) is 5.33. The highest BCUT2D eigenvalue weighted by molar-refractivity contribution is 5.72. The van der Waals surface area contributed by atoms with Crippen molar-refractivity contribution in [1.82, 2.24) is 5.06 Å². The first kappa shape index (κ1) is 15.8. The van der Waals surface area contributed by atoms with Crippen molar-refractivity contribution in [2.75, 3.05) is 0 Å². The van der Waals surface area contributed by atoms with Gasteiger partial charge in [0, 0.05) is 12.5 Å². The average molecular weight is 297 g/mol. The van der Waals surface area contributed by atoms with Crippen LogP contribution >= 0.6 is 0 Å². The van der Waals surface area contributed by atoms with Crippen LogP contribution in [0.15, 0.2) is 60.7 Å². The Balaban J connectivity index is 2.16. The molecule has 22 heavy (non-hydrogen) atoms. The smallest absolute Gasteiger partial charge is 0.243 e. The van der Waals surface area contributed by atoms with Crippen LogP contribution in [-0.2, 0) is 4.79 Å². The summed E-state index contributed by atoms with van der Waals surface area (Å²) in [4.78, 5) is 11.1. The molecule has 0 fully saturated rings. The van der Waals surface area contributed by atoms with E-state index in [1.165, 1.54) is 6.92 Å². The van der Waals surface area contributed by atoms with Crippen LogP contribution in [0.3, 0.4) is 0 Å². The summed E-state index contributed by atoms with van der Waals surface area (Å²) in [5, 5.41) is 10.3. The average Bonchev–Trinajstić information content (AvgIpc) is 2.54. The summed E-state index contributed by atoms with van der Waals surface area (Å²) in [6, 6.07) is 16.7. The maximum absolute atomic E-state index is 11.1. The van der Waals surface area contributed by atoms with Crippen molar-refractivity contribution in [2.24, 2.45) is 0 Å². The maximum atomic E-state index is 11.1. The molecule has 0 aliphatic carbocycles. The molecule has 0 radical (unpaired) electrons. The van der Waals surface area contributed by atoms with Gasteiger partial charge in [0.15, 0.2) is 0 Å². The van der Waals surface area contributed by atoms with E-state index in [-0.39, 0.29) is 0 Å². The third-order valence-corrected chi connectivity index (χ3v) is 3.15. The molecule has 0 aliphatic rings. The molecule has 1 atom stereocenters. The van der Waals surface area contributed by atoms with Crippen LogP contribution < -0.4 is 4.74 Å². The Hall–Kier alpha value is -2.59. The van der Waals surface area contributed by atoms with Crippen LogP contribution in [0, 0.1) is 0 Å². The van der Waals surface area contributed by atoms with Crippen molar-refractivity contribution in [3.63, 3.8) is 0 Å². The molecule has 2 aromatic carbocycles. The Morgan fingerprint density at radius 3 is 2.45 bits per heavy atom. The quantitative estimate of drug-likeness (QED) is 0.667. The number of carbonyl (C=O) groups excluding carboxylic acids is 1. The number of hydrogen-bond acceptors (Lipinski definition) is 3. The van der Waals surface area contributed by atoms with Gasteiger partial charge in [0.2, 0.25) is 5.91 Å². The zero-order chi connectivity index (χ0) is 15.9. The summed E-state index contributed by atoms with van der Waals surface area (Å²) >= 11 is 0. The highest BCUT2D eigenvalue weighted by atomic mass is 16.5. The number of carbonyl (C=O) groups is 1. The topological polar surface area (TPSA) is 49.8 Å². The predicted octanol–water partition coefficient (Wildman–Crippen LogP) is 4.12. The fraction of sp³-hybridized carbons (Fsp3) is 0.167. The van der Waals surface area contributed by atoms with Crippen LogP contribution in [0.25, 0.3) is 6.08 Å². The summed E-state index contributed by atoms with van der Waals surface area (Å²) in [7, 11) is 0. The molecule has 0 heterocycles. The number of rotatable bonds is 5. The molecule has 0 spiro atoms. The predicted molar refractivity (Wildman–Crippen MR) is 85.8 cm³/mol. The van der Waals surface area contributed by atoms with Gasteiger partial charge < -0.3 is 4.74 Å². The molecule has 4 heteroatoms. The molecule has 0 saturated carbocycles. The lowest BCUT2D eigenvalue weighted by molar-refractivity contribution is -0.167. The van der Waals surface area contributed by atoms with Crippen LogP contribution in [-0.4, -0.2) is 22.2 Å². The van der Waals surface area contributed by atoms with E-state index < -0.39 is 11.9 Å². The van der Waals surface area contributed by atoms with E-state index in [4.69, 9.17) is 4.74 Å². The number of nitrogens with zero attached hydrogens (tertiary/aromatic N) is 1. The van der Waals surface area contributed by atoms with Crippen molar-refractivity contribution in [3.05, 3.63) is 66.2 Å². The molecular formula is C18H19NO3. The Morgan fingerprint density at radius 1 is 1.14 bits per heavy atom. The van der Waals surface area contributed by atoms with Gasteiger partial charge in [-0.25, -0.2) is 5.06 Å². The monoisotopic (exact) mass is 297 g/mol. The summed E-state index contributed by atoms with van der Waals surface area (Å²) in [5.74, 6) is 1.07. The molecule has 0 aromatic heterocycles. The van der Waals surface area contributed by atoms with Gasteiger partial charge in [-0.3, -0.25) is 10.0 Å². The number of ether oxygens (including phenoxy) is 1. The molecular weight excluding hydrogens is 278 g/mol. The second-order valence-corrected chi connectivity index (χ2v) is 4.92. The van der Waals surface area contributed by atoms with Gasteiger partial charge in [0.1, 0.15) is 11.5 Å². The van der Waals surface area contributed by atoms with E-state index in [0.29, 0.717) is 10.8 Å². The van der Waals surface area contributed by atoms with E-state index in [0.717, 1.165) is 11.3 Å². The molecule has 2 aromatic rings. The molecule has 4 nitrogen and oxygen atoms in total. The lowest BCUT2D eigenvalue weighted by Crippen LogP contribution is -2.32. The van der Waals surface area contributed by atoms with Gasteiger partial charge in [0.25, 0.3) is 0 Å². The maximum Gasteiger partial charge on any atom is 0.243 e. The minimum atomic E-state index is -0.415. The van der Waals surface area contributed by atoms with Crippen molar-refractivity contribution in [3.8, 4) is 11.5 Å².